The smallest absolute Gasteiger partial charge is 0.227 e. The molecule has 0 bridgehead atoms. The lowest BCUT2D eigenvalue weighted by atomic mass is 9.80. The summed E-state index contributed by atoms with van der Waals surface area (Å²) in [7, 11) is 3.50. The molecule has 10 nitrogen and oxygen atoms in total. The SMILES string of the molecule is COc1cc2sc(CNC(=O)C3(CC(=O)[O-])Cc4cc(F)c(F)cc4C3)nc2cc1OCCC[N+](C)(CCO)CCO. The number of carbonyl (C=O) groups excluding carboxylic acids is 2. The number of carboxylic acid groups (broad SMARTS) is 1. The minimum Gasteiger partial charge on any atom is -0.550 e. The molecule has 1 aliphatic carbocycles. The first kappa shape index (κ1) is 31.5. The van der Waals surface area contributed by atoms with E-state index in [9.17, 15) is 33.7 Å². The van der Waals surface area contributed by atoms with Crippen LogP contribution >= 0.6 is 11.3 Å². The first-order valence-electron chi connectivity index (χ1n) is 13.6. The van der Waals surface area contributed by atoms with Crippen LogP contribution in [-0.4, -0.2) is 85.2 Å². The molecule has 0 spiro atoms. The molecular weight excluding hydrogens is 572 g/mol. The van der Waals surface area contributed by atoms with E-state index < -0.39 is 35.3 Å². The van der Waals surface area contributed by atoms with E-state index in [1.807, 2.05) is 7.05 Å². The number of benzene rings is 2. The van der Waals surface area contributed by atoms with Gasteiger partial charge in [0, 0.05) is 30.9 Å². The van der Waals surface area contributed by atoms with Gasteiger partial charge in [0.15, 0.2) is 23.1 Å². The van der Waals surface area contributed by atoms with E-state index in [1.165, 1.54) is 18.4 Å². The Kier molecular flexibility index (Phi) is 9.97. The summed E-state index contributed by atoms with van der Waals surface area (Å²) in [5.74, 6) is -3.07. The molecule has 3 aromatic rings. The van der Waals surface area contributed by atoms with Crippen molar-refractivity contribution in [2.45, 2.75) is 32.2 Å². The minimum atomic E-state index is -1.43. The summed E-state index contributed by atoms with van der Waals surface area (Å²) in [6.45, 7) is 2.24. The Balaban J connectivity index is 1.43. The lowest BCUT2D eigenvalue weighted by Crippen LogP contribution is -2.49. The average molecular weight is 608 g/mol. The van der Waals surface area contributed by atoms with Crippen LogP contribution in [0.15, 0.2) is 24.3 Å². The van der Waals surface area contributed by atoms with Gasteiger partial charge in [-0.05, 0) is 36.1 Å². The standard InChI is InChI=1S/C29H35F2N3O7S/c1-34(5-7-35,6-8-36)4-3-9-41-24-12-22-25(13-23(24)40-2)42-26(33-22)17-32-28(39)29(16-27(37)38)14-18-10-20(30)21(31)11-19(18)15-29/h10-13,35-36H,3-9,14-17H2,1-2H3,(H-,32,37,38,39). The molecule has 0 aliphatic heterocycles. The molecule has 1 aromatic heterocycles. The van der Waals surface area contributed by atoms with E-state index in [0.717, 1.165) is 16.8 Å². The predicted octanol–water partition coefficient (Wildman–Crippen LogP) is 1.32. The number of thiazole rings is 1. The fraction of sp³-hybridized carbons (Fsp3) is 0.483. The highest BCUT2D eigenvalue weighted by molar-refractivity contribution is 7.18. The van der Waals surface area contributed by atoms with Gasteiger partial charge in [-0.3, -0.25) is 4.79 Å². The zero-order valence-corrected chi connectivity index (χ0v) is 24.4. The van der Waals surface area contributed by atoms with Crippen molar-refractivity contribution in [2.24, 2.45) is 5.41 Å². The Hall–Kier alpha value is -3.39. The Bertz CT molecular complexity index is 1410. The number of aliphatic hydroxyl groups excluding tert-OH is 2. The number of rotatable bonds is 15. The van der Waals surface area contributed by atoms with Gasteiger partial charge in [-0.15, -0.1) is 11.3 Å². The predicted molar refractivity (Wildman–Crippen MR) is 149 cm³/mol. The highest BCUT2D eigenvalue weighted by Crippen LogP contribution is 2.41. The van der Waals surface area contributed by atoms with E-state index in [-0.39, 0.29) is 32.6 Å². The lowest BCUT2D eigenvalue weighted by molar-refractivity contribution is -0.910. The molecule has 0 saturated carbocycles. The van der Waals surface area contributed by atoms with Crippen molar-refractivity contribution in [3.63, 3.8) is 0 Å². The Morgan fingerprint density at radius 2 is 1.71 bits per heavy atom. The second-order valence-corrected chi connectivity index (χ2v) is 12.0. The number of carbonyl (C=O) groups is 2. The molecule has 228 valence electrons. The van der Waals surface area contributed by atoms with Crippen molar-refractivity contribution in [3.8, 4) is 11.5 Å². The maximum Gasteiger partial charge on any atom is 0.227 e. The van der Waals surface area contributed by atoms with Gasteiger partial charge in [-0.1, -0.05) is 0 Å². The lowest BCUT2D eigenvalue weighted by Gasteiger charge is -2.33. The number of methoxy groups -OCH3 is 1. The third-order valence-electron chi connectivity index (χ3n) is 7.76. The van der Waals surface area contributed by atoms with E-state index in [0.29, 0.717) is 70.3 Å². The van der Waals surface area contributed by atoms with Crippen molar-refractivity contribution in [1.29, 1.82) is 0 Å². The first-order valence-corrected chi connectivity index (χ1v) is 14.4. The quantitative estimate of drug-likeness (QED) is 0.174. The molecular formula is C29H35F2N3O7S. The van der Waals surface area contributed by atoms with Crippen LogP contribution in [-0.2, 0) is 29.0 Å². The topological polar surface area (TPSA) is 141 Å². The molecule has 0 fully saturated rings. The third-order valence-corrected chi connectivity index (χ3v) is 8.78. The third kappa shape index (κ3) is 7.14. The number of halogens is 2. The number of aromatic nitrogens is 1. The molecule has 0 atom stereocenters. The number of nitrogens with zero attached hydrogens (tertiary/aromatic N) is 2. The van der Waals surface area contributed by atoms with Crippen molar-refractivity contribution in [3.05, 3.63) is 52.0 Å². The molecule has 0 radical (unpaired) electrons. The van der Waals surface area contributed by atoms with Crippen molar-refractivity contribution >= 4 is 33.4 Å². The minimum absolute atomic E-state index is 0.0246. The molecule has 1 amide bonds. The molecule has 4 rings (SSSR count). The Labute approximate surface area is 246 Å². The number of nitrogens with one attached hydrogen (secondary N) is 1. The molecule has 2 aromatic carbocycles. The van der Waals surface area contributed by atoms with Gasteiger partial charge in [0.25, 0.3) is 0 Å². The summed E-state index contributed by atoms with van der Waals surface area (Å²) in [6.07, 6.45) is -0.000429. The molecule has 0 saturated heterocycles. The van der Waals surface area contributed by atoms with Crippen molar-refractivity contribution < 1.29 is 47.6 Å². The normalized spacial score (nSPS) is 14.1. The van der Waals surface area contributed by atoms with Gasteiger partial charge in [-0.2, -0.15) is 0 Å². The van der Waals surface area contributed by atoms with E-state index in [4.69, 9.17) is 9.47 Å². The zero-order chi connectivity index (χ0) is 30.5. The van der Waals surface area contributed by atoms with Crippen LogP contribution in [0.25, 0.3) is 10.2 Å². The number of carboxylic acids is 1. The number of aliphatic hydroxyl groups is 2. The van der Waals surface area contributed by atoms with Gasteiger partial charge >= 0.3 is 0 Å². The number of aliphatic carboxylic acids is 1. The molecule has 1 aliphatic rings. The van der Waals surface area contributed by atoms with Crippen molar-refractivity contribution in [2.75, 3.05) is 53.6 Å². The van der Waals surface area contributed by atoms with Crippen LogP contribution in [0.5, 0.6) is 11.5 Å². The molecule has 13 heteroatoms. The van der Waals surface area contributed by atoms with Gasteiger partial charge < -0.3 is 39.4 Å². The number of hydrogen-bond donors (Lipinski definition) is 3. The van der Waals surface area contributed by atoms with E-state index >= 15 is 0 Å². The molecule has 1 heterocycles. The maximum absolute atomic E-state index is 13.8. The van der Waals surface area contributed by atoms with Crippen LogP contribution in [0.1, 0.15) is 29.0 Å². The summed E-state index contributed by atoms with van der Waals surface area (Å²) < 4.78 is 40.4. The zero-order valence-electron chi connectivity index (χ0n) is 23.6. The van der Waals surface area contributed by atoms with Gasteiger partial charge in [0.1, 0.15) is 18.1 Å². The molecule has 3 N–H and O–H groups in total. The number of fused-ring (bicyclic) bond motifs is 2. The first-order chi connectivity index (χ1) is 20.0. The number of quaternary nitrogens is 1. The maximum atomic E-state index is 13.8. The number of hydrogen-bond acceptors (Lipinski definition) is 9. The van der Waals surface area contributed by atoms with E-state index in [2.05, 4.69) is 10.3 Å². The van der Waals surface area contributed by atoms with Gasteiger partial charge in [0.2, 0.25) is 5.91 Å². The summed E-state index contributed by atoms with van der Waals surface area (Å²) in [5.41, 5.74) is 0.00121. The highest BCUT2D eigenvalue weighted by atomic mass is 32.1. The second kappa shape index (κ2) is 13.3. The van der Waals surface area contributed by atoms with Crippen LogP contribution in [0.3, 0.4) is 0 Å². The molecule has 42 heavy (non-hydrogen) atoms. The van der Waals surface area contributed by atoms with Crippen LogP contribution < -0.4 is 19.9 Å². The largest absolute Gasteiger partial charge is 0.550 e. The monoisotopic (exact) mass is 607 g/mol. The number of likely N-dealkylation sites (N-methyl/N-ethyl adjacent to an activating group) is 1. The Morgan fingerprint density at radius 3 is 2.29 bits per heavy atom. The van der Waals surface area contributed by atoms with Gasteiger partial charge in [0.05, 0.1) is 62.7 Å². The Morgan fingerprint density at radius 1 is 1.07 bits per heavy atom. The van der Waals surface area contributed by atoms with Crippen molar-refractivity contribution in [1.82, 2.24) is 10.3 Å². The molecule has 0 unspecified atom stereocenters. The summed E-state index contributed by atoms with van der Waals surface area (Å²) >= 11 is 1.33. The fourth-order valence-electron chi connectivity index (χ4n) is 5.51. The summed E-state index contributed by atoms with van der Waals surface area (Å²) in [5, 5.41) is 33.5. The van der Waals surface area contributed by atoms with Crippen LogP contribution in [0, 0.1) is 17.0 Å². The van der Waals surface area contributed by atoms with Crippen LogP contribution in [0.4, 0.5) is 8.78 Å². The summed E-state index contributed by atoms with van der Waals surface area (Å²) in [6, 6.07) is 5.56. The number of amides is 1. The van der Waals surface area contributed by atoms with Crippen LogP contribution in [0.2, 0.25) is 0 Å². The second-order valence-electron chi connectivity index (χ2n) is 10.9. The average Bonchev–Trinajstić information content (AvgIpc) is 3.49. The fourth-order valence-corrected chi connectivity index (χ4v) is 6.43. The number of ether oxygens (including phenoxy) is 2. The highest BCUT2D eigenvalue weighted by Gasteiger charge is 2.44. The van der Waals surface area contributed by atoms with E-state index in [1.54, 1.807) is 12.1 Å². The summed E-state index contributed by atoms with van der Waals surface area (Å²) in [4.78, 5) is 29.4. The van der Waals surface area contributed by atoms with Gasteiger partial charge in [-0.25, -0.2) is 13.8 Å².